The molecule has 1 atom stereocenters. The second-order valence-electron chi connectivity index (χ2n) is 7.78. The maximum absolute atomic E-state index is 13.2. The smallest absolute Gasteiger partial charge is 0.268 e. The van der Waals surface area contributed by atoms with Gasteiger partial charge >= 0.3 is 0 Å². The molecule has 0 radical (unpaired) electrons. The van der Waals surface area contributed by atoms with E-state index in [1.54, 1.807) is 14.7 Å². The summed E-state index contributed by atoms with van der Waals surface area (Å²) in [6.07, 6.45) is 7.95. The third-order valence-corrected chi connectivity index (χ3v) is 7.87. The van der Waals surface area contributed by atoms with E-state index in [2.05, 4.69) is 5.10 Å². The van der Waals surface area contributed by atoms with Crippen LogP contribution in [-0.4, -0.2) is 52.5 Å². The van der Waals surface area contributed by atoms with Gasteiger partial charge in [-0.3, -0.25) is 4.79 Å². The van der Waals surface area contributed by atoms with Gasteiger partial charge in [0.25, 0.3) is 15.8 Å². The summed E-state index contributed by atoms with van der Waals surface area (Å²) in [7, 11) is -3.46. The molecule has 1 unspecified atom stereocenters. The van der Waals surface area contributed by atoms with Gasteiger partial charge in [0, 0.05) is 37.7 Å². The Hall–Kier alpha value is -1.25. The predicted octanol–water partition coefficient (Wildman–Crippen LogP) is 1.71. The van der Waals surface area contributed by atoms with Crippen LogP contribution in [-0.2, 0) is 16.8 Å². The Bertz CT molecular complexity index is 795. The van der Waals surface area contributed by atoms with Crippen LogP contribution in [0.5, 0.6) is 0 Å². The maximum Gasteiger partial charge on any atom is 0.282 e. The summed E-state index contributed by atoms with van der Waals surface area (Å²) in [5.74, 6) is 0.474. The molecule has 1 aromatic rings. The SMILES string of the molecule is O=c1ccc(C2CC2)nn1CC1CCCN1S(=O)(=O)N1CCCCCC1. The van der Waals surface area contributed by atoms with Crippen molar-refractivity contribution in [2.45, 2.75) is 69.9 Å². The fraction of sp³-hybridized carbons (Fsp3) is 0.778. The van der Waals surface area contributed by atoms with Gasteiger partial charge in [0.2, 0.25) is 0 Å². The van der Waals surface area contributed by atoms with Crippen molar-refractivity contribution in [3.05, 3.63) is 28.2 Å². The zero-order valence-corrected chi connectivity index (χ0v) is 16.0. The van der Waals surface area contributed by atoms with Gasteiger partial charge in [-0.2, -0.15) is 22.1 Å². The van der Waals surface area contributed by atoms with Crippen molar-refractivity contribution in [3.8, 4) is 0 Å². The van der Waals surface area contributed by atoms with Gasteiger partial charge in [-0.1, -0.05) is 12.8 Å². The molecule has 1 aliphatic carbocycles. The molecular weight excluding hydrogens is 352 g/mol. The fourth-order valence-electron chi connectivity index (χ4n) is 4.11. The standard InChI is InChI=1S/C18H28N4O3S/c23-18-10-9-17(15-7-8-15)19-21(18)14-16-6-5-13-22(16)26(24,25)20-11-3-1-2-4-12-20/h9-10,15-16H,1-8,11-14H2. The first-order valence-electron chi connectivity index (χ1n) is 9.91. The van der Waals surface area contributed by atoms with E-state index in [0.29, 0.717) is 32.1 Å². The lowest BCUT2D eigenvalue weighted by molar-refractivity contribution is 0.298. The summed E-state index contributed by atoms with van der Waals surface area (Å²) in [4.78, 5) is 12.2. The molecular formula is C18H28N4O3S. The zero-order chi connectivity index (χ0) is 18.1. The molecule has 0 amide bonds. The van der Waals surface area contributed by atoms with E-state index >= 15 is 0 Å². The summed E-state index contributed by atoms with van der Waals surface area (Å²) in [5.41, 5.74) is 0.818. The lowest BCUT2D eigenvalue weighted by Crippen LogP contribution is -2.48. The van der Waals surface area contributed by atoms with Crippen LogP contribution in [0.25, 0.3) is 0 Å². The van der Waals surface area contributed by atoms with Crippen LogP contribution in [0, 0.1) is 0 Å². The molecule has 3 heterocycles. The third-order valence-electron chi connectivity index (χ3n) is 5.78. The van der Waals surface area contributed by atoms with Gasteiger partial charge in [0.1, 0.15) is 0 Å². The van der Waals surface area contributed by atoms with E-state index < -0.39 is 10.2 Å². The van der Waals surface area contributed by atoms with Crippen LogP contribution in [0.15, 0.2) is 16.9 Å². The van der Waals surface area contributed by atoms with Gasteiger partial charge in [-0.05, 0) is 44.6 Å². The quantitative estimate of drug-likeness (QED) is 0.779. The van der Waals surface area contributed by atoms with Crippen molar-refractivity contribution >= 4 is 10.2 Å². The molecule has 8 heteroatoms. The van der Waals surface area contributed by atoms with Gasteiger partial charge < -0.3 is 0 Å². The Morgan fingerprint density at radius 1 is 0.962 bits per heavy atom. The van der Waals surface area contributed by atoms with Gasteiger partial charge in [-0.25, -0.2) is 4.68 Å². The van der Waals surface area contributed by atoms with E-state index in [1.807, 2.05) is 6.07 Å². The van der Waals surface area contributed by atoms with Crippen LogP contribution in [0.4, 0.5) is 0 Å². The molecule has 2 saturated heterocycles. The monoisotopic (exact) mass is 380 g/mol. The zero-order valence-electron chi connectivity index (χ0n) is 15.2. The molecule has 0 bridgehead atoms. The van der Waals surface area contributed by atoms with Gasteiger partial charge in [0.15, 0.2) is 0 Å². The number of nitrogens with zero attached hydrogens (tertiary/aromatic N) is 4. The minimum absolute atomic E-state index is 0.145. The Labute approximate surface area is 155 Å². The van der Waals surface area contributed by atoms with E-state index in [9.17, 15) is 13.2 Å². The first-order chi connectivity index (χ1) is 12.6. The number of rotatable bonds is 5. The average Bonchev–Trinajstić information content (AvgIpc) is 3.41. The van der Waals surface area contributed by atoms with E-state index in [0.717, 1.165) is 57.1 Å². The predicted molar refractivity (Wildman–Crippen MR) is 99.2 cm³/mol. The van der Waals surface area contributed by atoms with E-state index in [1.165, 1.54) is 4.68 Å². The lowest BCUT2D eigenvalue weighted by Gasteiger charge is -2.30. The van der Waals surface area contributed by atoms with E-state index in [-0.39, 0.29) is 11.6 Å². The van der Waals surface area contributed by atoms with Gasteiger partial charge in [-0.15, -0.1) is 0 Å². The average molecular weight is 381 g/mol. The minimum Gasteiger partial charge on any atom is -0.268 e. The van der Waals surface area contributed by atoms with Crippen LogP contribution < -0.4 is 5.56 Å². The highest BCUT2D eigenvalue weighted by molar-refractivity contribution is 7.86. The van der Waals surface area contributed by atoms with Crippen LogP contribution >= 0.6 is 0 Å². The van der Waals surface area contributed by atoms with Crippen LogP contribution in [0.1, 0.15) is 63.0 Å². The first-order valence-corrected chi connectivity index (χ1v) is 11.3. The topological polar surface area (TPSA) is 75.5 Å². The number of hydrogen-bond donors (Lipinski definition) is 0. The lowest BCUT2D eigenvalue weighted by atomic mass is 10.2. The molecule has 3 fully saturated rings. The van der Waals surface area contributed by atoms with Crippen molar-refractivity contribution in [3.63, 3.8) is 0 Å². The Morgan fingerprint density at radius 2 is 1.69 bits per heavy atom. The van der Waals surface area contributed by atoms with Crippen LogP contribution in [0.3, 0.4) is 0 Å². The molecule has 144 valence electrons. The van der Waals surface area contributed by atoms with Crippen molar-refractivity contribution in [2.24, 2.45) is 0 Å². The highest BCUT2D eigenvalue weighted by Crippen LogP contribution is 2.38. The molecule has 4 rings (SSSR count). The second kappa shape index (κ2) is 7.40. The molecule has 1 aromatic heterocycles. The molecule has 1 saturated carbocycles. The summed E-state index contributed by atoms with van der Waals surface area (Å²) < 4.78 is 31.1. The van der Waals surface area contributed by atoms with Crippen molar-refractivity contribution in [1.29, 1.82) is 0 Å². The Morgan fingerprint density at radius 3 is 2.38 bits per heavy atom. The van der Waals surface area contributed by atoms with Crippen LogP contribution in [0.2, 0.25) is 0 Å². The fourth-order valence-corrected chi connectivity index (χ4v) is 6.03. The Balaban J connectivity index is 1.53. The van der Waals surface area contributed by atoms with E-state index in [4.69, 9.17) is 0 Å². The Kier molecular flexibility index (Phi) is 5.16. The highest BCUT2D eigenvalue weighted by atomic mass is 32.2. The molecule has 7 nitrogen and oxygen atoms in total. The van der Waals surface area contributed by atoms with Crippen molar-refractivity contribution < 1.29 is 8.42 Å². The van der Waals surface area contributed by atoms with Crippen molar-refractivity contribution in [1.82, 2.24) is 18.4 Å². The maximum atomic E-state index is 13.2. The normalized spacial score (nSPS) is 26.1. The molecule has 0 spiro atoms. The summed E-state index contributed by atoms with van der Waals surface area (Å²) in [6.45, 7) is 2.12. The highest BCUT2D eigenvalue weighted by Gasteiger charge is 2.38. The summed E-state index contributed by atoms with van der Waals surface area (Å²) in [6, 6.07) is 3.21. The summed E-state index contributed by atoms with van der Waals surface area (Å²) >= 11 is 0. The first kappa shape index (κ1) is 18.1. The minimum atomic E-state index is -3.46. The third kappa shape index (κ3) is 3.73. The second-order valence-corrected chi connectivity index (χ2v) is 9.66. The van der Waals surface area contributed by atoms with Gasteiger partial charge in [0.05, 0.1) is 12.2 Å². The van der Waals surface area contributed by atoms with Crippen molar-refractivity contribution in [2.75, 3.05) is 19.6 Å². The number of aromatic nitrogens is 2. The molecule has 3 aliphatic rings. The summed E-state index contributed by atoms with van der Waals surface area (Å²) in [5, 5.41) is 4.51. The largest absolute Gasteiger partial charge is 0.282 e. The molecule has 2 aliphatic heterocycles. The molecule has 0 aromatic carbocycles. The number of hydrogen-bond acceptors (Lipinski definition) is 4. The molecule has 26 heavy (non-hydrogen) atoms. The molecule has 0 N–H and O–H groups in total.